The topological polar surface area (TPSA) is 64.0 Å². The number of nitrogens with one attached hydrogen (secondary N) is 1. The predicted octanol–water partition coefficient (Wildman–Crippen LogP) is 4.51. The summed E-state index contributed by atoms with van der Waals surface area (Å²) in [6, 6.07) is 9.18. The van der Waals surface area contributed by atoms with Crippen LogP contribution in [0.2, 0.25) is 5.02 Å². The molecule has 0 radical (unpaired) electrons. The molecule has 0 fully saturated rings. The van der Waals surface area contributed by atoms with E-state index in [1.807, 2.05) is 43.5 Å². The number of Topliss-reactive ketones (excluding diaryl/α,β-unsaturated/α-hetero) is 1. The number of aryl methyl sites for hydroxylation is 1. The molecule has 3 heterocycles. The fourth-order valence-electron chi connectivity index (χ4n) is 3.36. The molecule has 1 aliphatic heterocycles. The van der Waals surface area contributed by atoms with E-state index in [1.54, 1.807) is 10.7 Å². The van der Waals surface area contributed by atoms with Crippen molar-refractivity contribution >= 4 is 40.4 Å². The summed E-state index contributed by atoms with van der Waals surface area (Å²) >= 11 is 7.64. The van der Waals surface area contributed by atoms with E-state index < -0.39 is 5.92 Å². The van der Waals surface area contributed by atoms with E-state index in [2.05, 4.69) is 10.4 Å². The maximum absolute atomic E-state index is 13.0. The van der Waals surface area contributed by atoms with E-state index in [1.165, 1.54) is 11.3 Å². The van der Waals surface area contributed by atoms with Crippen molar-refractivity contribution in [2.24, 2.45) is 0 Å². The average Bonchev–Trinajstić information content (AvgIpc) is 3.25. The van der Waals surface area contributed by atoms with Crippen LogP contribution in [0.1, 0.15) is 38.8 Å². The predicted molar refractivity (Wildman–Crippen MR) is 103 cm³/mol. The lowest BCUT2D eigenvalue weighted by molar-refractivity contribution is -0.116. The number of anilines is 1. The second-order valence-corrected chi connectivity index (χ2v) is 7.64. The third-order valence-electron chi connectivity index (χ3n) is 4.65. The molecule has 0 saturated heterocycles. The number of thiophene rings is 1. The van der Waals surface area contributed by atoms with E-state index in [0.717, 1.165) is 22.5 Å². The summed E-state index contributed by atoms with van der Waals surface area (Å²) < 4.78 is 1.68. The Morgan fingerprint density at radius 1 is 1.31 bits per heavy atom. The number of carbonyl (C=O) groups excluding carboxylic acids is 2. The second kappa shape index (κ2) is 6.37. The van der Waals surface area contributed by atoms with Crippen LogP contribution in [0.5, 0.6) is 0 Å². The standard InChI is InChI=1S/C19H16ClN3O2S/c1-10-13(20)5-3-6-14(10)23-19-17(11(2)22-23)12(9-16(24)21-19)18(25)15-7-4-8-26-15/h3-8,12H,9H2,1-2H3,(H,21,24)/t12-/m1/s1. The van der Waals surface area contributed by atoms with Gasteiger partial charge in [0.2, 0.25) is 5.91 Å². The average molecular weight is 386 g/mol. The Hall–Kier alpha value is -2.44. The van der Waals surface area contributed by atoms with Crippen LogP contribution in [0.15, 0.2) is 35.7 Å². The first-order valence-electron chi connectivity index (χ1n) is 8.20. The lowest BCUT2D eigenvalue weighted by Gasteiger charge is -2.23. The molecule has 0 saturated carbocycles. The van der Waals surface area contributed by atoms with Crippen molar-refractivity contribution in [2.75, 3.05) is 5.32 Å². The third kappa shape index (κ3) is 2.66. The van der Waals surface area contributed by atoms with Crippen molar-refractivity contribution in [1.29, 1.82) is 0 Å². The lowest BCUT2D eigenvalue weighted by atomic mass is 9.87. The molecule has 0 aliphatic carbocycles. The molecule has 2 aromatic heterocycles. The van der Waals surface area contributed by atoms with Crippen molar-refractivity contribution in [3.05, 3.63) is 62.4 Å². The summed E-state index contributed by atoms with van der Waals surface area (Å²) in [6.07, 6.45) is 0.130. The molecule has 1 atom stereocenters. The molecule has 0 spiro atoms. The summed E-state index contributed by atoms with van der Waals surface area (Å²) in [5.41, 5.74) is 3.16. The number of fused-ring (bicyclic) bond motifs is 1. The third-order valence-corrected chi connectivity index (χ3v) is 5.94. The number of amides is 1. The zero-order valence-corrected chi connectivity index (χ0v) is 15.8. The van der Waals surface area contributed by atoms with E-state index in [-0.39, 0.29) is 18.1 Å². The molecule has 5 nitrogen and oxygen atoms in total. The minimum atomic E-state index is -0.523. The van der Waals surface area contributed by atoms with Gasteiger partial charge in [-0.1, -0.05) is 23.7 Å². The summed E-state index contributed by atoms with van der Waals surface area (Å²) in [7, 11) is 0. The molecule has 3 aromatic rings. The van der Waals surface area contributed by atoms with Crippen molar-refractivity contribution in [2.45, 2.75) is 26.2 Å². The number of hydrogen-bond acceptors (Lipinski definition) is 4. The minimum Gasteiger partial charge on any atom is -0.310 e. The van der Waals surface area contributed by atoms with E-state index in [4.69, 9.17) is 11.6 Å². The van der Waals surface area contributed by atoms with Gasteiger partial charge < -0.3 is 5.32 Å². The highest BCUT2D eigenvalue weighted by molar-refractivity contribution is 7.12. The first-order chi connectivity index (χ1) is 12.5. The van der Waals surface area contributed by atoms with Gasteiger partial charge in [0.05, 0.1) is 22.2 Å². The highest BCUT2D eigenvalue weighted by Crippen LogP contribution is 2.39. The van der Waals surface area contributed by atoms with Crippen molar-refractivity contribution < 1.29 is 9.59 Å². The molecule has 132 valence electrons. The zero-order chi connectivity index (χ0) is 18.4. The molecule has 0 bridgehead atoms. The van der Waals surface area contributed by atoms with Crippen LogP contribution in [0.25, 0.3) is 5.69 Å². The maximum atomic E-state index is 13.0. The number of nitrogens with zero attached hydrogens (tertiary/aromatic N) is 2. The Morgan fingerprint density at radius 2 is 2.12 bits per heavy atom. The van der Waals surface area contributed by atoms with Crippen LogP contribution >= 0.6 is 22.9 Å². The number of rotatable bonds is 3. The van der Waals surface area contributed by atoms with Crippen molar-refractivity contribution in [1.82, 2.24) is 9.78 Å². The number of aromatic nitrogens is 2. The van der Waals surface area contributed by atoms with Gasteiger partial charge in [-0.2, -0.15) is 5.10 Å². The Balaban J connectivity index is 1.88. The molecule has 1 aliphatic rings. The first-order valence-corrected chi connectivity index (χ1v) is 9.45. The maximum Gasteiger partial charge on any atom is 0.226 e. The number of hydrogen-bond donors (Lipinski definition) is 1. The Morgan fingerprint density at radius 3 is 2.85 bits per heavy atom. The molecule has 4 rings (SSSR count). The number of halogens is 1. The highest BCUT2D eigenvalue weighted by Gasteiger charge is 2.36. The molecule has 1 aromatic carbocycles. The zero-order valence-electron chi connectivity index (χ0n) is 14.2. The number of carbonyl (C=O) groups is 2. The van der Waals surface area contributed by atoms with Gasteiger partial charge in [0.15, 0.2) is 5.78 Å². The molecule has 1 amide bonds. The number of benzene rings is 1. The summed E-state index contributed by atoms with van der Waals surface area (Å²) in [5.74, 6) is -0.195. The Labute approximate surface area is 159 Å². The number of ketones is 1. The molecule has 1 N–H and O–H groups in total. The van der Waals surface area contributed by atoms with Crippen LogP contribution in [-0.2, 0) is 4.79 Å². The fourth-order valence-corrected chi connectivity index (χ4v) is 4.25. The summed E-state index contributed by atoms with van der Waals surface area (Å²) in [6.45, 7) is 3.77. The van der Waals surface area contributed by atoms with Gasteiger partial charge in [-0.15, -0.1) is 11.3 Å². The van der Waals surface area contributed by atoms with Crippen LogP contribution < -0.4 is 5.32 Å². The lowest BCUT2D eigenvalue weighted by Crippen LogP contribution is -2.28. The molecule has 0 unspecified atom stereocenters. The van der Waals surface area contributed by atoms with Gasteiger partial charge in [0.25, 0.3) is 0 Å². The van der Waals surface area contributed by atoms with Crippen LogP contribution in [0.3, 0.4) is 0 Å². The normalized spacial score (nSPS) is 16.3. The van der Waals surface area contributed by atoms with Crippen LogP contribution in [-0.4, -0.2) is 21.5 Å². The van der Waals surface area contributed by atoms with E-state index in [0.29, 0.717) is 15.7 Å². The monoisotopic (exact) mass is 385 g/mol. The summed E-state index contributed by atoms with van der Waals surface area (Å²) in [4.78, 5) is 25.9. The first kappa shape index (κ1) is 17.0. The molecule has 7 heteroatoms. The summed E-state index contributed by atoms with van der Waals surface area (Å²) in [5, 5.41) is 9.99. The SMILES string of the molecule is Cc1nn(-c2cccc(Cl)c2C)c2c1[C@H](C(=O)c1cccs1)CC(=O)N2. The molecular formula is C19H16ClN3O2S. The van der Waals surface area contributed by atoms with E-state index in [9.17, 15) is 9.59 Å². The van der Waals surface area contributed by atoms with Crippen LogP contribution in [0.4, 0.5) is 5.82 Å². The molecule has 26 heavy (non-hydrogen) atoms. The van der Waals surface area contributed by atoms with E-state index >= 15 is 0 Å². The van der Waals surface area contributed by atoms with Gasteiger partial charge in [-0.25, -0.2) is 4.68 Å². The largest absolute Gasteiger partial charge is 0.310 e. The van der Waals surface area contributed by atoms with Gasteiger partial charge in [-0.3, -0.25) is 9.59 Å². The fraction of sp³-hybridized carbons (Fsp3) is 0.211. The van der Waals surface area contributed by atoms with Crippen molar-refractivity contribution in [3.8, 4) is 5.69 Å². The molecular weight excluding hydrogens is 370 g/mol. The smallest absolute Gasteiger partial charge is 0.226 e. The minimum absolute atomic E-state index is 0.0402. The van der Waals surface area contributed by atoms with Crippen molar-refractivity contribution in [3.63, 3.8) is 0 Å². The Bertz CT molecular complexity index is 1020. The van der Waals surface area contributed by atoms with Gasteiger partial charge in [0.1, 0.15) is 5.82 Å². The second-order valence-electron chi connectivity index (χ2n) is 6.29. The van der Waals surface area contributed by atoms with Gasteiger partial charge in [-0.05, 0) is 43.0 Å². The Kier molecular flexibility index (Phi) is 4.17. The highest BCUT2D eigenvalue weighted by atomic mass is 35.5. The quantitative estimate of drug-likeness (QED) is 0.674. The van der Waals surface area contributed by atoms with Crippen LogP contribution in [0, 0.1) is 13.8 Å². The van der Waals surface area contributed by atoms with Gasteiger partial charge in [0, 0.05) is 17.0 Å². The van der Waals surface area contributed by atoms with Gasteiger partial charge >= 0.3 is 0 Å².